The van der Waals surface area contributed by atoms with Crippen molar-refractivity contribution in [1.29, 1.82) is 0 Å². The van der Waals surface area contributed by atoms with E-state index >= 15 is 0 Å². The number of phenols is 1. The SMILES string of the molecule is CCCCCCCCCCCCCCCCCCCCCCc1ccc(N=Nc2ccc(O)cc2)cc1. The number of azo groups is 1. The summed E-state index contributed by atoms with van der Waals surface area (Å²) in [5, 5.41) is 17.8. The minimum atomic E-state index is 0.244. The van der Waals surface area contributed by atoms with Crippen LogP contribution in [0.25, 0.3) is 0 Å². The summed E-state index contributed by atoms with van der Waals surface area (Å²) in [4.78, 5) is 0. The summed E-state index contributed by atoms with van der Waals surface area (Å²) in [5.74, 6) is 0.244. The molecule has 3 heteroatoms. The predicted octanol–water partition coefficient (Wildman–Crippen LogP) is 12.2. The van der Waals surface area contributed by atoms with E-state index in [1.165, 1.54) is 134 Å². The van der Waals surface area contributed by atoms with Crippen LogP contribution in [0.15, 0.2) is 58.8 Å². The second kappa shape index (κ2) is 21.9. The highest BCUT2D eigenvalue weighted by Crippen LogP contribution is 2.21. The zero-order valence-electron chi connectivity index (χ0n) is 23.8. The van der Waals surface area contributed by atoms with E-state index < -0.39 is 0 Å². The van der Waals surface area contributed by atoms with Crippen molar-refractivity contribution >= 4 is 11.4 Å². The van der Waals surface area contributed by atoms with Crippen molar-refractivity contribution in [2.75, 3.05) is 0 Å². The molecule has 2 aromatic rings. The molecule has 0 aliphatic rings. The Morgan fingerprint density at radius 3 is 1.14 bits per heavy atom. The summed E-state index contributed by atoms with van der Waals surface area (Å²) in [6.07, 6.45) is 29.6. The third-order valence-electron chi connectivity index (χ3n) is 7.39. The van der Waals surface area contributed by atoms with Crippen LogP contribution in [0.1, 0.15) is 141 Å². The standard InChI is InChI=1S/C34H54N2O/c1-2-3-4-5-6-7-8-9-10-11-12-13-14-15-16-17-18-19-20-21-22-31-23-25-32(26-24-31)35-36-33-27-29-34(37)30-28-33/h23-30,37H,2-22H2,1H3. The Morgan fingerprint density at radius 2 is 0.757 bits per heavy atom. The molecular formula is C34H54N2O. The van der Waals surface area contributed by atoms with Gasteiger partial charge in [-0.15, -0.1) is 0 Å². The van der Waals surface area contributed by atoms with Gasteiger partial charge in [0.15, 0.2) is 0 Å². The summed E-state index contributed by atoms with van der Waals surface area (Å²) in [6.45, 7) is 2.30. The zero-order valence-corrected chi connectivity index (χ0v) is 23.8. The normalized spacial score (nSPS) is 11.5. The van der Waals surface area contributed by atoms with Gasteiger partial charge in [0.05, 0.1) is 11.4 Å². The highest BCUT2D eigenvalue weighted by atomic mass is 16.3. The van der Waals surface area contributed by atoms with Crippen molar-refractivity contribution in [3.8, 4) is 5.75 Å². The first-order chi connectivity index (χ1) is 18.3. The molecule has 0 aliphatic carbocycles. The Labute approximate surface area is 228 Å². The van der Waals surface area contributed by atoms with E-state index in [2.05, 4.69) is 29.3 Å². The summed E-state index contributed by atoms with van der Waals surface area (Å²) in [6, 6.07) is 15.2. The summed E-state index contributed by atoms with van der Waals surface area (Å²) in [7, 11) is 0. The molecule has 0 atom stereocenters. The average molecular weight is 507 g/mol. The minimum absolute atomic E-state index is 0.244. The maximum Gasteiger partial charge on any atom is 0.115 e. The number of unbranched alkanes of at least 4 members (excludes halogenated alkanes) is 19. The molecule has 0 radical (unpaired) electrons. The topological polar surface area (TPSA) is 45.0 Å². The molecule has 0 unspecified atom stereocenters. The first-order valence-corrected chi connectivity index (χ1v) is 15.6. The minimum Gasteiger partial charge on any atom is -0.508 e. The van der Waals surface area contributed by atoms with Gasteiger partial charge in [-0.1, -0.05) is 141 Å². The monoisotopic (exact) mass is 506 g/mol. The van der Waals surface area contributed by atoms with Crippen molar-refractivity contribution in [3.05, 3.63) is 54.1 Å². The Kier molecular flexibility index (Phi) is 18.4. The second-order valence-corrected chi connectivity index (χ2v) is 10.9. The fraction of sp³-hybridized carbons (Fsp3) is 0.647. The Hall–Kier alpha value is -2.16. The Balaban J connectivity index is 1.33. The molecule has 0 spiro atoms. The molecule has 0 heterocycles. The largest absolute Gasteiger partial charge is 0.508 e. The molecule has 0 saturated carbocycles. The number of benzene rings is 2. The van der Waals surface area contributed by atoms with Crippen LogP contribution in [0.5, 0.6) is 5.75 Å². The van der Waals surface area contributed by atoms with E-state index in [0.717, 1.165) is 17.8 Å². The van der Waals surface area contributed by atoms with Crippen molar-refractivity contribution in [1.82, 2.24) is 0 Å². The van der Waals surface area contributed by atoms with Crippen LogP contribution < -0.4 is 0 Å². The van der Waals surface area contributed by atoms with Crippen LogP contribution in [0.2, 0.25) is 0 Å². The van der Waals surface area contributed by atoms with Gasteiger partial charge >= 0.3 is 0 Å². The van der Waals surface area contributed by atoms with Crippen LogP contribution in [0, 0.1) is 0 Å². The summed E-state index contributed by atoms with van der Waals surface area (Å²) in [5.41, 5.74) is 2.98. The van der Waals surface area contributed by atoms with Crippen LogP contribution in [0.3, 0.4) is 0 Å². The average Bonchev–Trinajstić information content (AvgIpc) is 2.92. The van der Waals surface area contributed by atoms with Crippen LogP contribution in [0.4, 0.5) is 11.4 Å². The van der Waals surface area contributed by atoms with Crippen molar-refractivity contribution in [2.24, 2.45) is 10.2 Å². The van der Waals surface area contributed by atoms with Gasteiger partial charge in [0.1, 0.15) is 5.75 Å². The third kappa shape index (κ3) is 17.1. The smallest absolute Gasteiger partial charge is 0.115 e. The first kappa shape index (κ1) is 31.1. The molecule has 0 aliphatic heterocycles. The van der Waals surface area contributed by atoms with Gasteiger partial charge in [-0.05, 0) is 54.8 Å². The van der Waals surface area contributed by atoms with E-state index in [9.17, 15) is 5.11 Å². The summed E-state index contributed by atoms with van der Waals surface area (Å²) >= 11 is 0. The highest BCUT2D eigenvalue weighted by molar-refractivity contribution is 5.42. The van der Waals surface area contributed by atoms with Crippen molar-refractivity contribution in [3.63, 3.8) is 0 Å². The van der Waals surface area contributed by atoms with Gasteiger partial charge in [0.2, 0.25) is 0 Å². The molecule has 3 nitrogen and oxygen atoms in total. The fourth-order valence-electron chi connectivity index (χ4n) is 4.95. The second-order valence-electron chi connectivity index (χ2n) is 10.9. The first-order valence-electron chi connectivity index (χ1n) is 15.6. The van der Waals surface area contributed by atoms with Gasteiger partial charge in [-0.3, -0.25) is 0 Å². The van der Waals surface area contributed by atoms with E-state index in [1.807, 2.05) is 12.1 Å². The predicted molar refractivity (Wildman–Crippen MR) is 160 cm³/mol. The lowest BCUT2D eigenvalue weighted by atomic mass is 10.0. The molecular weight excluding hydrogens is 452 g/mol. The number of aryl methyl sites for hydroxylation is 1. The number of phenolic OH excluding ortho intramolecular Hbond substituents is 1. The van der Waals surface area contributed by atoms with Gasteiger partial charge < -0.3 is 5.11 Å². The number of aromatic hydroxyl groups is 1. The maximum atomic E-state index is 9.33. The lowest BCUT2D eigenvalue weighted by Gasteiger charge is -2.04. The molecule has 1 N–H and O–H groups in total. The van der Waals surface area contributed by atoms with Gasteiger partial charge in [0.25, 0.3) is 0 Å². The Morgan fingerprint density at radius 1 is 0.432 bits per heavy atom. The number of rotatable bonds is 23. The molecule has 2 rings (SSSR count). The van der Waals surface area contributed by atoms with Crippen molar-refractivity contribution < 1.29 is 5.11 Å². The lowest BCUT2D eigenvalue weighted by molar-refractivity contribution is 0.475. The van der Waals surface area contributed by atoms with Gasteiger partial charge in [-0.25, -0.2) is 0 Å². The van der Waals surface area contributed by atoms with E-state index in [-0.39, 0.29) is 5.75 Å². The Bertz CT molecular complexity index is 798. The number of hydrogen-bond acceptors (Lipinski definition) is 3. The van der Waals surface area contributed by atoms with Crippen LogP contribution in [-0.4, -0.2) is 5.11 Å². The lowest BCUT2D eigenvalue weighted by Crippen LogP contribution is -1.86. The molecule has 37 heavy (non-hydrogen) atoms. The van der Waals surface area contributed by atoms with E-state index in [0.29, 0.717) is 0 Å². The van der Waals surface area contributed by atoms with E-state index in [1.54, 1.807) is 24.3 Å². The molecule has 2 aromatic carbocycles. The third-order valence-corrected chi connectivity index (χ3v) is 7.39. The molecule has 0 bridgehead atoms. The van der Waals surface area contributed by atoms with E-state index in [4.69, 9.17) is 0 Å². The number of hydrogen-bond donors (Lipinski definition) is 1. The van der Waals surface area contributed by atoms with Crippen molar-refractivity contribution in [2.45, 2.75) is 142 Å². The fourth-order valence-corrected chi connectivity index (χ4v) is 4.95. The van der Waals surface area contributed by atoms with Gasteiger partial charge in [-0.2, -0.15) is 10.2 Å². The molecule has 0 amide bonds. The molecule has 0 fully saturated rings. The maximum absolute atomic E-state index is 9.33. The molecule has 0 saturated heterocycles. The zero-order chi connectivity index (χ0) is 26.2. The quantitative estimate of drug-likeness (QED) is 0.118. The number of nitrogens with zero attached hydrogens (tertiary/aromatic N) is 2. The molecule has 206 valence electrons. The van der Waals surface area contributed by atoms with Crippen LogP contribution >= 0.6 is 0 Å². The highest BCUT2D eigenvalue weighted by Gasteiger charge is 1.98. The summed E-state index contributed by atoms with van der Waals surface area (Å²) < 4.78 is 0. The molecule has 0 aromatic heterocycles. The van der Waals surface area contributed by atoms with Gasteiger partial charge in [0, 0.05) is 0 Å². The van der Waals surface area contributed by atoms with Crippen LogP contribution in [-0.2, 0) is 6.42 Å².